The zero-order chi connectivity index (χ0) is 13.3. The SMILES string of the molecule is CS(=O)(=O)Nc1c(OC2CC2)ccnc1C(N)=O. The van der Waals surface area contributed by atoms with E-state index in [4.69, 9.17) is 10.5 Å². The molecular weight excluding hydrogens is 258 g/mol. The molecule has 1 aromatic rings. The molecule has 18 heavy (non-hydrogen) atoms. The predicted molar refractivity (Wildman–Crippen MR) is 64.9 cm³/mol. The van der Waals surface area contributed by atoms with E-state index in [1.165, 1.54) is 12.3 Å². The van der Waals surface area contributed by atoms with Crippen molar-refractivity contribution in [2.24, 2.45) is 5.73 Å². The number of rotatable bonds is 5. The second-order valence-electron chi connectivity index (χ2n) is 4.09. The number of hydrogen-bond acceptors (Lipinski definition) is 5. The van der Waals surface area contributed by atoms with Gasteiger partial charge in [0, 0.05) is 12.3 Å². The van der Waals surface area contributed by atoms with Crippen LogP contribution in [0.25, 0.3) is 0 Å². The summed E-state index contributed by atoms with van der Waals surface area (Å²) >= 11 is 0. The molecule has 2 rings (SSSR count). The maximum atomic E-state index is 11.3. The van der Waals surface area contributed by atoms with Crippen LogP contribution in [0.3, 0.4) is 0 Å². The van der Waals surface area contributed by atoms with E-state index in [9.17, 15) is 13.2 Å². The molecule has 0 aromatic carbocycles. The lowest BCUT2D eigenvalue weighted by atomic mass is 10.2. The Morgan fingerprint density at radius 1 is 1.56 bits per heavy atom. The van der Waals surface area contributed by atoms with Crippen LogP contribution in [-0.4, -0.2) is 31.7 Å². The smallest absolute Gasteiger partial charge is 0.269 e. The minimum absolute atomic E-state index is 0.000556. The first-order valence-corrected chi connectivity index (χ1v) is 7.19. The summed E-state index contributed by atoms with van der Waals surface area (Å²) < 4.78 is 30.3. The van der Waals surface area contributed by atoms with Crippen molar-refractivity contribution in [2.75, 3.05) is 11.0 Å². The lowest BCUT2D eigenvalue weighted by molar-refractivity contribution is 0.0996. The molecule has 1 aromatic heterocycles. The molecule has 0 radical (unpaired) electrons. The monoisotopic (exact) mass is 271 g/mol. The molecule has 0 saturated heterocycles. The van der Waals surface area contributed by atoms with Gasteiger partial charge in [-0.15, -0.1) is 0 Å². The van der Waals surface area contributed by atoms with Crippen LogP contribution < -0.4 is 15.2 Å². The van der Waals surface area contributed by atoms with E-state index in [0.717, 1.165) is 19.1 Å². The fourth-order valence-electron chi connectivity index (χ4n) is 1.38. The number of carbonyl (C=O) groups is 1. The Morgan fingerprint density at radius 3 is 2.72 bits per heavy atom. The Bertz CT molecular complexity index is 581. The van der Waals surface area contributed by atoms with Crippen LogP contribution in [0.1, 0.15) is 23.3 Å². The van der Waals surface area contributed by atoms with Gasteiger partial charge in [0.1, 0.15) is 11.4 Å². The minimum Gasteiger partial charge on any atom is -0.488 e. The Balaban J connectivity index is 2.43. The molecule has 1 aliphatic rings. The number of pyridine rings is 1. The summed E-state index contributed by atoms with van der Waals surface area (Å²) in [4.78, 5) is 15.0. The second kappa shape index (κ2) is 4.45. The lowest BCUT2D eigenvalue weighted by Gasteiger charge is -2.13. The van der Waals surface area contributed by atoms with Gasteiger partial charge in [0.05, 0.1) is 12.4 Å². The van der Waals surface area contributed by atoms with Gasteiger partial charge in [-0.25, -0.2) is 13.4 Å². The van der Waals surface area contributed by atoms with Crippen molar-refractivity contribution < 1.29 is 17.9 Å². The molecule has 0 atom stereocenters. The Kier molecular flexibility index (Phi) is 3.12. The standard InChI is InChI=1S/C10H13N3O4S/c1-18(15,16)13-8-7(17-6-2-3-6)4-5-12-9(8)10(11)14/h4-6,13H,2-3H2,1H3,(H2,11,14). The average Bonchev–Trinajstić information content (AvgIpc) is 3.02. The Labute approximate surface area is 104 Å². The van der Waals surface area contributed by atoms with E-state index in [0.29, 0.717) is 0 Å². The number of amides is 1. The van der Waals surface area contributed by atoms with Gasteiger partial charge < -0.3 is 10.5 Å². The van der Waals surface area contributed by atoms with Gasteiger partial charge in [-0.1, -0.05) is 0 Å². The zero-order valence-corrected chi connectivity index (χ0v) is 10.5. The van der Waals surface area contributed by atoms with Gasteiger partial charge in [0.2, 0.25) is 10.0 Å². The third kappa shape index (κ3) is 3.10. The number of hydrogen-bond donors (Lipinski definition) is 2. The van der Waals surface area contributed by atoms with Gasteiger partial charge in [-0.3, -0.25) is 9.52 Å². The molecule has 1 saturated carbocycles. The number of aromatic nitrogens is 1. The summed E-state index contributed by atoms with van der Waals surface area (Å²) in [6.45, 7) is 0. The molecule has 0 unspecified atom stereocenters. The fourth-order valence-corrected chi connectivity index (χ4v) is 1.95. The molecule has 0 spiro atoms. The molecule has 3 N–H and O–H groups in total. The first kappa shape index (κ1) is 12.6. The van der Waals surface area contributed by atoms with Crippen molar-refractivity contribution in [3.05, 3.63) is 18.0 Å². The highest BCUT2D eigenvalue weighted by Crippen LogP contribution is 2.33. The topological polar surface area (TPSA) is 111 Å². The predicted octanol–water partition coefficient (Wildman–Crippen LogP) is 0.0932. The summed E-state index contributed by atoms with van der Waals surface area (Å²) in [5.41, 5.74) is 5.00. The van der Waals surface area contributed by atoms with E-state index in [-0.39, 0.29) is 23.2 Å². The quantitative estimate of drug-likeness (QED) is 0.788. The molecule has 0 aliphatic heterocycles. The van der Waals surface area contributed by atoms with Gasteiger partial charge in [-0.05, 0) is 12.8 Å². The van der Waals surface area contributed by atoms with Crippen LogP contribution in [0.5, 0.6) is 5.75 Å². The molecule has 1 aliphatic carbocycles. The van der Waals surface area contributed by atoms with Crippen molar-refractivity contribution in [3.63, 3.8) is 0 Å². The number of nitrogens with zero attached hydrogens (tertiary/aromatic N) is 1. The molecule has 7 nitrogen and oxygen atoms in total. The number of ether oxygens (including phenoxy) is 1. The van der Waals surface area contributed by atoms with Gasteiger partial charge in [-0.2, -0.15) is 0 Å². The first-order valence-electron chi connectivity index (χ1n) is 5.30. The van der Waals surface area contributed by atoms with Crippen molar-refractivity contribution in [3.8, 4) is 5.75 Å². The van der Waals surface area contributed by atoms with E-state index < -0.39 is 15.9 Å². The van der Waals surface area contributed by atoms with Crippen LogP contribution in [-0.2, 0) is 10.0 Å². The van der Waals surface area contributed by atoms with Crippen LogP contribution in [0.2, 0.25) is 0 Å². The highest BCUT2D eigenvalue weighted by molar-refractivity contribution is 7.92. The second-order valence-corrected chi connectivity index (χ2v) is 5.84. The Morgan fingerprint density at radius 2 is 2.22 bits per heavy atom. The first-order chi connectivity index (χ1) is 8.37. The lowest BCUT2D eigenvalue weighted by Crippen LogP contribution is -2.20. The highest BCUT2D eigenvalue weighted by Gasteiger charge is 2.27. The largest absolute Gasteiger partial charge is 0.488 e. The summed E-state index contributed by atoms with van der Waals surface area (Å²) in [6, 6.07) is 1.50. The third-order valence-corrected chi connectivity index (χ3v) is 2.83. The summed E-state index contributed by atoms with van der Waals surface area (Å²) in [7, 11) is -3.55. The van der Waals surface area contributed by atoms with Gasteiger partial charge >= 0.3 is 0 Å². The number of carbonyl (C=O) groups excluding carboxylic acids is 1. The third-order valence-electron chi connectivity index (χ3n) is 2.25. The summed E-state index contributed by atoms with van der Waals surface area (Å²) in [6.07, 6.45) is 4.21. The summed E-state index contributed by atoms with van der Waals surface area (Å²) in [5.74, 6) is -0.547. The zero-order valence-electron chi connectivity index (χ0n) is 9.71. The molecule has 1 amide bonds. The highest BCUT2D eigenvalue weighted by atomic mass is 32.2. The van der Waals surface area contributed by atoms with Gasteiger partial charge in [0.15, 0.2) is 5.69 Å². The average molecular weight is 271 g/mol. The number of nitrogens with two attached hydrogens (primary N) is 1. The normalized spacial score (nSPS) is 15.2. The van der Waals surface area contributed by atoms with Crippen LogP contribution in [0.15, 0.2) is 12.3 Å². The van der Waals surface area contributed by atoms with Gasteiger partial charge in [0.25, 0.3) is 5.91 Å². The molecular formula is C10H13N3O4S. The Hall–Kier alpha value is -1.83. The molecule has 1 fully saturated rings. The van der Waals surface area contributed by atoms with Crippen molar-refractivity contribution in [1.29, 1.82) is 0 Å². The van der Waals surface area contributed by atoms with E-state index >= 15 is 0 Å². The minimum atomic E-state index is -3.55. The van der Waals surface area contributed by atoms with Crippen LogP contribution in [0.4, 0.5) is 5.69 Å². The number of nitrogens with one attached hydrogen (secondary N) is 1. The molecule has 0 bridgehead atoms. The van der Waals surface area contributed by atoms with Crippen LogP contribution in [0, 0.1) is 0 Å². The van der Waals surface area contributed by atoms with E-state index in [1.807, 2.05) is 0 Å². The van der Waals surface area contributed by atoms with E-state index in [1.54, 1.807) is 0 Å². The number of sulfonamides is 1. The maximum Gasteiger partial charge on any atom is 0.269 e. The number of primary amides is 1. The van der Waals surface area contributed by atoms with E-state index in [2.05, 4.69) is 9.71 Å². The van der Waals surface area contributed by atoms with Crippen molar-refractivity contribution in [2.45, 2.75) is 18.9 Å². The molecule has 1 heterocycles. The maximum absolute atomic E-state index is 11.3. The molecule has 8 heteroatoms. The van der Waals surface area contributed by atoms with Crippen molar-refractivity contribution >= 4 is 21.6 Å². The molecule has 98 valence electrons. The van der Waals surface area contributed by atoms with Crippen molar-refractivity contribution in [1.82, 2.24) is 4.98 Å². The van der Waals surface area contributed by atoms with Crippen LogP contribution >= 0.6 is 0 Å². The fraction of sp³-hybridized carbons (Fsp3) is 0.400. The summed E-state index contributed by atoms with van der Waals surface area (Å²) in [5, 5.41) is 0. The number of anilines is 1.